The van der Waals surface area contributed by atoms with E-state index in [0.717, 1.165) is 5.56 Å². The number of aliphatic carboxylic acids is 1. The van der Waals surface area contributed by atoms with E-state index in [-0.39, 0.29) is 0 Å². The largest absolute Gasteiger partial charge is 0.480 e. The zero-order chi connectivity index (χ0) is 12.8. The van der Waals surface area contributed by atoms with Gasteiger partial charge in [-0.15, -0.1) is 0 Å². The van der Waals surface area contributed by atoms with Crippen LogP contribution in [0.3, 0.4) is 0 Å². The van der Waals surface area contributed by atoms with Crippen LogP contribution in [0.2, 0.25) is 0 Å². The van der Waals surface area contributed by atoms with E-state index in [2.05, 4.69) is 18.8 Å². The highest BCUT2D eigenvalue weighted by molar-refractivity contribution is 5.85. The minimum absolute atomic E-state index is 0.405. The number of carbonyl (C=O) groups is 1. The Balaban J connectivity index is 2.94. The number of carboxylic acids is 1. The van der Waals surface area contributed by atoms with Gasteiger partial charge in [0.1, 0.15) is 6.04 Å². The first-order valence-electron chi connectivity index (χ1n) is 5.91. The van der Waals surface area contributed by atoms with E-state index in [9.17, 15) is 4.79 Å². The fourth-order valence-corrected chi connectivity index (χ4v) is 1.67. The van der Waals surface area contributed by atoms with Crippen LogP contribution in [0.15, 0.2) is 29.3 Å². The molecule has 0 saturated heterocycles. The molecule has 0 aliphatic carbocycles. The fourth-order valence-electron chi connectivity index (χ4n) is 1.67. The standard InChI is InChI=1S/C14H19NO2/c1-4-13(14(16)17)15-9-11-7-5-6-8-12(11)10(2)3/h5-10,13H,4H2,1-3H3,(H,16,17). The monoisotopic (exact) mass is 233 g/mol. The number of nitrogens with zero attached hydrogens (tertiary/aromatic N) is 1. The lowest BCUT2D eigenvalue weighted by molar-refractivity contribution is -0.138. The van der Waals surface area contributed by atoms with Crippen molar-refractivity contribution in [1.29, 1.82) is 0 Å². The van der Waals surface area contributed by atoms with Crippen molar-refractivity contribution in [2.75, 3.05) is 0 Å². The zero-order valence-electron chi connectivity index (χ0n) is 10.6. The van der Waals surface area contributed by atoms with Gasteiger partial charge in [0.05, 0.1) is 0 Å². The lowest BCUT2D eigenvalue weighted by Crippen LogP contribution is -2.16. The van der Waals surface area contributed by atoms with E-state index in [1.165, 1.54) is 5.56 Å². The van der Waals surface area contributed by atoms with Crippen LogP contribution >= 0.6 is 0 Å². The van der Waals surface area contributed by atoms with Crippen molar-refractivity contribution in [3.05, 3.63) is 35.4 Å². The second kappa shape index (κ2) is 6.18. The minimum Gasteiger partial charge on any atom is -0.480 e. The number of carboxylic acid groups (broad SMARTS) is 1. The summed E-state index contributed by atoms with van der Waals surface area (Å²) >= 11 is 0. The smallest absolute Gasteiger partial charge is 0.328 e. The van der Waals surface area contributed by atoms with E-state index in [0.29, 0.717) is 12.3 Å². The highest BCUT2D eigenvalue weighted by Gasteiger charge is 2.12. The van der Waals surface area contributed by atoms with Crippen molar-refractivity contribution in [3.8, 4) is 0 Å². The van der Waals surface area contributed by atoms with Crippen molar-refractivity contribution in [2.24, 2.45) is 4.99 Å². The normalized spacial score (nSPS) is 13.2. The maximum atomic E-state index is 10.9. The Morgan fingerprint density at radius 2 is 2.06 bits per heavy atom. The Hall–Kier alpha value is -1.64. The second-order valence-corrected chi connectivity index (χ2v) is 4.32. The maximum Gasteiger partial charge on any atom is 0.328 e. The molecule has 0 saturated carbocycles. The molecular weight excluding hydrogens is 214 g/mol. The van der Waals surface area contributed by atoms with Crippen molar-refractivity contribution in [1.82, 2.24) is 0 Å². The van der Waals surface area contributed by atoms with Crippen LogP contribution in [0.25, 0.3) is 0 Å². The summed E-state index contributed by atoms with van der Waals surface area (Å²) in [5.74, 6) is -0.465. The Morgan fingerprint density at radius 1 is 1.41 bits per heavy atom. The number of aliphatic imine (C=N–C) groups is 1. The van der Waals surface area contributed by atoms with Gasteiger partial charge in [-0.2, -0.15) is 0 Å². The third kappa shape index (κ3) is 3.70. The van der Waals surface area contributed by atoms with Crippen molar-refractivity contribution in [2.45, 2.75) is 39.2 Å². The Morgan fingerprint density at radius 3 is 2.59 bits per heavy atom. The molecule has 1 aromatic carbocycles. The van der Waals surface area contributed by atoms with E-state index >= 15 is 0 Å². The van der Waals surface area contributed by atoms with Gasteiger partial charge in [0, 0.05) is 6.21 Å². The summed E-state index contributed by atoms with van der Waals surface area (Å²) in [6, 6.07) is 7.30. The van der Waals surface area contributed by atoms with Crippen LogP contribution in [0.5, 0.6) is 0 Å². The lowest BCUT2D eigenvalue weighted by atomic mass is 9.98. The molecule has 0 amide bonds. The average Bonchev–Trinajstić information content (AvgIpc) is 2.29. The topological polar surface area (TPSA) is 49.7 Å². The van der Waals surface area contributed by atoms with Gasteiger partial charge in [-0.05, 0) is 23.5 Å². The van der Waals surface area contributed by atoms with Gasteiger partial charge < -0.3 is 5.11 Å². The third-order valence-corrected chi connectivity index (χ3v) is 2.68. The second-order valence-electron chi connectivity index (χ2n) is 4.32. The molecule has 0 aliphatic heterocycles. The SMILES string of the molecule is CCC(N=Cc1ccccc1C(C)C)C(=O)O. The van der Waals surface area contributed by atoms with Crippen LogP contribution in [-0.2, 0) is 4.79 Å². The van der Waals surface area contributed by atoms with Crippen LogP contribution in [-0.4, -0.2) is 23.3 Å². The molecule has 3 nitrogen and oxygen atoms in total. The molecule has 0 fully saturated rings. The summed E-state index contributed by atoms with van der Waals surface area (Å²) in [6.45, 7) is 6.05. The van der Waals surface area contributed by atoms with E-state index in [1.54, 1.807) is 6.21 Å². The fraction of sp³-hybridized carbons (Fsp3) is 0.429. The first-order chi connectivity index (χ1) is 8.06. The van der Waals surface area contributed by atoms with Gasteiger partial charge in [0.15, 0.2) is 0 Å². The van der Waals surface area contributed by atoms with Gasteiger partial charge in [0.2, 0.25) is 0 Å². The van der Waals surface area contributed by atoms with Crippen molar-refractivity contribution in [3.63, 3.8) is 0 Å². The first kappa shape index (κ1) is 13.4. The molecule has 0 aromatic heterocycles. The molecule has 0 heterocycles. The highest BCUT2D eigenvalue weighted by Crippen LogP contribution is 2.17. The number of benzene rings is 1. The van der Waals surface area contributed by atoms with E-state index in [1.807, 2.05) is 31.2 Å². The van der Waals surface area contributed by atoms with E-state index in [4.69, 9.17) is 5.11 Å². The van der Waals surface area contributed by atoms with Gasteiger partial charge in [-0.3, -0.25) is 4.99 Å². The molecule has 0 aliphatic rings. The molecular formula is C14H19NO2. The Bertz CT molecular complexity index is 410. The summed E-state index contributed by atoms with van der Waals surface area (Å²) in [4.78, 5) is 15.0. The molecule has 3 heteroatoms. The summed E-state index contributed by atoms with van der Waals surface area (Å²) < 4.78 is 0. The summed E-state index contributed by atoms with van der Waals surface area (Å²) in [6.07, 6.45) is 2.19. The number of hydrogen-bond donors (Lipinski definition) is 1. The van der Waals surface area contributed by atoms with Gasteiger partial charge in [0.25, 0.3) is 0 Å². The highest BCUT2D eigenvalue weighted by atomic mass is 16.4. The minimum atomic E-state index is -0.870. The molecule has 1 rings (SSSR count). The predicted octanol–water partition coefficient (Wildman–Crippen LogP) is 3.09. The average molecular weight is 233 g/mol. The lowest BCUT2D eigenvalue weighted by Gasteiger charge is -2.09. The quantitative estimate of drug-likeness (QED) is 0.794. The van der Waals surface area contributed by atoms with Crippen LogP contribution in [0, 0.1) is 0 Å². The Labute approximate surface area is 102 Å². The molecule has 17 heavy (non-hydrogen) atoms. The molecule has 1 unspecified atom stereocenters. The third-order valence-electron chi connectivity index (χ3n) is 2.68. The van der Waals surface area contributed by atoms with Crippen molar-refractivity contribution < 1.29 is 9.90 Å². The first-order valence-corrected chi connectivity index (χ1v) is 5.91. The summed E-state index contributed by atoms with van der Waals surface area (Å²) in [5.41, 5.74) is 2.19. The molecule has 92 valence electrons. The summed E-state index contributed by atoms with van der Waals surface area (Å²) in [5, 5.41) is 8.92. The molecule has 1 N–H and O–H groups in total. The summed E-state index contributed by atoms with van der Waals surface area (Å²) in [7, 11) is 0. The van der Waals surface area contributed by atoms with Crippen molar-refractivity contribution >= 4 is 12.2 Å². The predicted molar refractivity (Wildman–Crippen MR) is 69.8 cm³/mol. The van der Waals surface area contributed by atoms with Crippen LogP contribution in [0.1, 0.15) is 44.2 Å². The molecule has 0 radical (unpaired) electrons. The molecule has 0 spiro atoms. The van der Waals surface area contributed by atoms with Gasteiger partial charge >= 0.3 is 5.97 Å². The van der Waals surface area contributed by atoms with E-state index < -0.39 is 12.0 Å². The van der Waals surface area contributed by atoms with Gasteiger partial charge in [-0.1, -0.05) is 45.0 Å². The molecule has 0 bridgehead atoms. The molecule has 1 aromatic rings. The maximum absolute atomic E-state index is 10.9. The Kier molecular flexibility index (Phi) is 4.88. The van der Waals surface area contributed by atoms with Crippen LogP contribution < -0.4 is 0 Å². The van der Waals surface area contributed by atoms with Crippen LogP contribution in [0.4, 0.5) is 0 Å². The zero-order valence-corrected chi connectivity index (χ0v) is 10.6. The van der Waals surface area contributed by atoms with Gasteiger partial charge in [-0.25, -0.2) is 4.79 Å². The number of hydrogen-bond acceptors (Lipinski definition) is 2. The molecule has 1 atom stereocenters. The number of rotatable bonds is 5.